The molecule has 0 aliphatic carbocycles. The number of nitrogens with zero attached hydrogens (tertiary/aromatic N) is 1. The normalized spacial score (nSPS) is 12.2. The molecule has 0 aliphatic rings. The third-order valence-electron chi connectivity index (χ3n) is 3.87. The fourth-order valence-corrected chi connectivity index (χ4v) is 2.58. The van der Waals surface area contributed by atoms with E-state index in [-0.39, 0.29) is 11.9 Å². The van der Waals surface area contributed by atoms with E-state index >= 15 is 0 Å². The van der Waals surface area contributed by atoms with E-state index in [2.05, 4.69) is 32.9 Å². The lowest BCUT2D eigenvalue weighted by Crippen LogP contribution is -2.36. The van der Waals surface area contributed by atoms with Crippen LogP contribution in [-0.4, -0.2) is 17.4 Å². The van der Waals surface area contributed by atoms with Gasteiger partial charge in [0.1, 0.15) is 0 Å². The Morgan fingerprint density at radius 2 is 1.55 bits per heavy atom. The largest absolute Gasteiger partial charge is 0.332 e. The number of carbonyl (C=O) groups excluding carboxylic acids is 1. The fraction of sp³-hybridized carbons (Fsp3) is 0.350. The summed E-state index contributed by atoms with van der Waals surface area (Å²) < 4.78 is 0. The van der Waals surface area contributed by atoms with Crippen molar-refractivity contribution in [1.29, 1.82) is 0 Å². The van der Waals surface area contributed by atoms with E-state index in [4.69, 9.17) is 0 Å². The standard InChI is InChI=1S/C20H25NO/c1-15(2)14-21(17(4)18-8-6-5-7-9-18)20(22)19-12-10-16(3)11-13-19/h5-13,15,17H,14H2,1-4H3. The Labute approximate surface area is 133 Å². The molecule has 0 aliphatic heterocycles. The van der Waals surface area contributed by atoms with Gasteiger partial charge in [0.05, 0.1) is 6.04 Å². The van der Waals surface area contributed by atoms with E-state index in [1.807, 2.05) is 54.3 Å². The average Bonchev–Trinajstić information content (AvgIpc) is 2.53. The van der Waals surface area contributed by atoms with Gasteiger partial charge in [-0.3, -0.25) is 4.79 Å². The topological polar surface area (TPSA) is 20.3 Å². The van der Waals surface area contributed by atoms with Crippen LogP contribution in [-0.2, 0) is 0 Å². The van der Waals surface area contributed by atoms with Gasteiger partial charge in [-0.1, -0.05) is 61.9 Å². The van der Waals surface area contributed by atoms with Gasteiger partial charge in [0.15, 0.2) is 0 Å². The van der Waals surface area contributed by atoms with Crippen molar-refractivity contribution in [2.45, 2.75) is 33.7 Å². The molecule has 22 heavy (non-hydrogen) atoms. The first-order valence-electron chi connectivity index (χ1n) is 7.91. The van der Waals surface area contributed by atoms with Crippen LogP contribution in [0.15, 0.2) is 54.6 Å². The van der Waals surface area contributed by atoms with Crippen molar-refractivity contribution in [1.82, 2.24) is 4.90 Å². The monoisotopic (exact) mass is 295 g/mol. The van der Waals surface area contributed by atoms with E-state index < -0.39 is 0 Å². The van der Waals surface area contributed by atoms with Crippen molar-refractivity contribution >= 4 is 5.91 Å². The maximum absolute atomic E-state index is 12.9. The zero-order valence-corrected chi connectivity index (χ0v) is 13.9. The van der Waals surface area contributed by atoms with Gasteiger partial charge in [-0.15, -0.1) is 0 Å². The highest BCUT2D eigenvalue weighted by molar-refractivity contribution is 5.94. The Balaban J connectivity index is 2.29. The minimum atomic E-state index is 0.0670. The van der Waals surface area contributed by atoms with E-state index in [0.717, 1.165) is 12.1 Å². The smallest absolute Gasteiger partial charge is 0.254 e. The molecule has 0 saturated carbocycles. The summed E-state index contributed by atoms with van der Waals surface area (Å²) >= 11 is 0. The predicted octanol–water partition coefficient (Wildman–Crippen LogP) is 4.85. The molecule has 0 bridgehead atoms. The van der Waals surface area contributed by atoms with Crippen LogP contribution in [0.5, 0.6) is 0 Å². The number of aryl methyl sites for hydroxylation is 1. The molecule has 0 saturated heterocycles. The van der Waals surface area contributed by atoms with Crippen LogP contribution in [0.3, 0.4) is 0 Å². The highest BCUT2D eigenvalue weighted by Gasteiger charge is 2.23. The number of hydrogen-bond donors (Lipinski definition) is 0. The van der Waals surface area contributed by atoms with E-state index in [1.165, 1.54) is 11.1 Å². The van der Waals surface area contributed by atoms with Crippen molar-refractivity contribution in [3.8, 4) is 0 Å². The zero-order chi connectivity index (χ0) is 16.1. The lowest BCUT2D eigenvalue weighted by molar-refractivity contribution is 0.0665. The first-order chi connectivity index (χ1) is 10.5. The van der Waals surface area contributed by atoms with Crippen molar-refractivity contribution in [2.24, 2.45) is 5.92 Å². The molecule has 1 amide bonds. The molecule has 0 N–H and O–H groups in total. The molecular weight excluding hydrogens is 270 g/mol. The van der Waals surface area contributed by atoms with Gasteiger partial charge in [-0.05, 0) is 37.5 Å². The molecule has 2 rings (SSSR count). The maximum atomic E-state index is 12.9. The third-order valence-corrected chi connectivity index (χ3v) is 3.87. The average molecular weight is 295 g/mol. The quantitative estimate of drug-likeness (QED) is 0.772. The number of rotatable bonds is 5. The molecular formula is C20H25NO. The van der Waals surface area contributed by atoms with Crippen molar-refractivity contribution in [2.75, 3.05) is 6.54 Å². The first kappa shape index (κ1) is 16.3. The van der Waals surface area contributed by atoms with E-state index in [9.17, 15) is 4.79 Å². The van der Waals surface area contributed by atoms with Gasteiger partial charge in [-0.2, -0.15) is 0 Å². The lowest BCUT2D eigenvalue weighted by atomic mass is 10.0. The highest BCUT2D eigenvalue weighted by atomic mass is 16.2. The van der Waals surface area contributed by atoms with Crippen molar-refractivity contribution < 1.29 is 4.79 Å². The molecule has 0 spiro atoms. The SMILES string of the molecule is Cc1ccc(C(=O)N(CC(C)C)C(C)c2ccccc2)cc1. The van der Waals surface area contributed by atoms with Gasteiger partial charge in [0, 0.05) is 12.1 Å². The van der Waals surface area contributed by atoms with E-state index in [1.54, 1.807) is 0 Å². The molecule has 0 fully saturated rings. The van der Waals surface area contributed by atoms with Crippen LogP contribution in [0.25, 0.3) is 0 Å². The Bertz CT molecular complexity index is 601. The van der Waals surface area contributed by atoms with Crippen LogP contribution in [0.4, 0.5) is 0 Å². The summed E-state index contributed by atoms with van der Waals surface area (Å²) in [5, 5.41) is 0. The molecule has 2 nitrogen and oxygen atoms in total. The molecule has 2 heteroatoms. The summed E-state index contributed by atoms with van der Waals surface area (Å²) in [7, 11) is 0. The molecule has 2 aromatic carbocycles. The van der Waals surface area contributed by atoms with Crippen LogP contribution >= 0.6 is 0 Å². The first-order valence-corrected chi connectivity index (χ1v) is 7.91. The van der Waals surface area contributed by atoms with Crippen molar-refractivity contribution in [3.63, 3.8) is 0 Å². The van der Waals surface area contributed by atoms with Crippen LogP contribution < -0.4 is 0 Å². The van der Waals surface area contributed by atoms with Crippen LogP contribution in [0, 0.1) is 12.8 Å². The Kier molecular flexibility index (Phi) is 5.37. The summed E-state index contributed by atoms with van der Waals surface area (Å²) in [6.45, 7) is 9.18. The second-order valence-electron chi connectivity index (χ2n) is 6.30. The number of carbonyl (C=O) groups is 1. The molecule has 2 aromatic rings. The second kappa shape index (κ2) is 7.26. The molecule has 0 aromatic heterocycles. The van der Waals surface area contributed by atoms with Gasteiger partial charge < -0.3 is 4.90 Å². The third kappa shape index (κ3) is 3.97. The fourth-order valence-electron chi connectivity index (χ4n) is 2.58. The summed E-state index contributed by atoms with van der Waals surface area (Å²) in [4.78, 5) is 14.9. The molecule has 0 heterocycles. The Morgan fingerprint density at radius 1 is 0.955 bits per heavy atom. The summed E-state index contributed by atoms with van der Waals surface area (Å²) in [6, 6.07) is 18.1. The molecule has 1 unspecified atom stereocenters. The maximum Gasteiger partial charge on any atom is 0.254 e. The number of hydrogen-bond acceptors (Lipinski definition) is 1. The summed E-state index contributed by atoms with van der Waals surface area (Å²) in [5.41, 5.74) is 3.10. The van der Waals surface area contributed by atoms with Gasteiger partial charge >= 0.3 is 0 Å². The molecule has 116 valence electrons. The van der Waals surface area contributed by atoms with Gasteiger partial charge in [0.25, 0.3) is 5.91 Å². The number of amides is 1. The van der Waals surface area contributed by atoms with Gasteiger partial charge in [-0.25, -0.2) is 0 Å². The number of benzene rings is 2. The summed E-state index contributed by atoms with van der Waals surface area (Å²) in [6.07, 6.45) is 0. The minimum absolute atomic E-state index is 0.0670. The lowest BCUT2D eigenvalue weighted by Gasteiger charge is -2.31. The Morgan fingerprint density at radius 3 is 2.09 bits per heavy atom. The predicted molar refractivity (Wildman–Crippen MR) is 91.9 cm³/mol. The van der Waals surface area contributed by atoms with Crippen LogP contribution in [0.1, 0.15) is 48.3 Å². The van der Waals surface area contributed by atoms with Crippen LogP contribution in [0.2, 0.25) is 0 Å². The highest BCUT2D eigenvalue weighted by Crippen LogP contribution is 2.23. The molecule has 0 radical (unpaired) electrons. The zero-order valence-electron chi connectivity index (χ0n) is 13.9. The molecule has 1 atom stereocenters. The Hall–Kier alpha value is -2.09. The van der Waals surface area contributed by atoms with E-state index in [0.29, 0.717) is 5.92 Å². The second-order valence-corrected chi connectivity index (χ2v) is 6.30. The summed E-state index contributed by atoms with van der Waals surface area (Å²) in [5.74, 6) is 0.533. The van der Waals surface area contributed by atoms with Gasteiger partial charge in [0.2, 0.25) is 0 Å². The minimum Gasteiger partial charge on any atom is -0.332 e. The van der Waals surface area contributed by atoms with Crippen molar-refractivity contribution in [3.05, 3.63) is 71.3 Å².